The van der Waals surface area contributed by atoms with E-state index in [1.165, 1.54) is 40.8 Å². The molecule has 0 bridgehead atoms. The summed E-state index contributed by atoms with van der Waals surface area (Å²) in [6, 6.07) is 23.8. The zero-order valence-electron chi connectivity index (χ0n) is 14.3. The molecule has 0 radical (unpaired) electrons. The van der Waals surface area contributed by atoms with Gasteiger partial charge >= 0.3 is 0 Å². The van der Waals surface area contributed by atoms with E-state index in [0.29, 0.717) is 0 Å². The molecule has 2 heterocycles. The number of aliphatic imine (C=N–C) groups is 1. The Hall–Kier alpha value is -2.65. The highest BCUT2D eigenvalue weighted by molar-refractivity contribution is 6.18. The quantitative estimate of drug-likeness (QED) is 0.767. The van der Waals surface area contributed by atoms with Gasteiger partial charge < -0.3 is 9.80 Å². The summed E-state index contributed by atoms with van der Waals surface area (Å²) in [4.78, 5) is 9.10. The minimum atomic E-state index is 1.07. The molecule has 5 rings (SSSR count). The molecule has 0 amide bonds. The fraction of sp³-hybridized carbons (Fsp3) is 0.227. The van der Waals surface area contributed by atoms with Gasteiger partial charge in [0.25, 0.3) is 0 Å². The maximum atomic E-state index is 4.96. The van der Waals surface area contributed by atoms with Gasteiger partial charge in [0.05, 0.1) is 31.9 Å². The van der Waals surface area contributed by atoms with Crippen molar-refractivity contribution in [3.8, 4) is 0 Å². The third kappa shape index (κ3) is 2.61. The monoisotopic (exact) mass is 328 g/mol. The van der Waals surface area contributed by atoms with Crippen LogP contribution in [0.1, 0.15) is 11.1 Å². The maximum Gasteiger partial charge on any atom is 0.137 e. The van der Waals surface area contributed by atoms with Crippen molar-refractivity contribution in [1.82, 2.24) is 4.90 Å². The predicted octanol–water partition coefficient (Wildman–Crippen LogP) is 2.63. The van der Waals surface area contributed by atoms with Crippen LogP contribution in [-0.4, -0.2) is 36.9 Å². The average molecular weight is 328 g/mol. The van der Waals surface area contributed by atoms with E-state index in [1.807, 2.05) is 0 Å². The van der Waals surface area contributed by atoms with Crippen molar-refractivity contribution in [3.05, 3.63) is 77.9 Å². The number of amidine groups is 1. The van der Waals surface area contributed by atoms with Crippen LogP contribution in [0.3, 0.4) is 0 Å². The van der Waals surface area contributed by atoms with Crippen LogP contribution in [0, 0.1) is 0 Å². The molecule has 1 N–H and O–H groups in total. The Balaban J connectivity index is 1.33. The standard InChI is InChI=1S/C22H21N3/c1-2-6-17(7-3-1)16-24-12-14-25(15-13-24)22-19-10-4-8-18-9-5-11-20(23-22)21(18)19/h1-11H,12-16H2/p+1. The van der Waals surface area contributed by atoms with Crippen LogP contribution < -0.4 is 4.90 Å². The summed E-state index contributed by atoms with van der Waals surface area (Å²) in [6.07, 6.45) is 0. The third-order valence-corrected chi connectivity index (χ3v) is 5.42. The second kappa shape index (κ2) is 6.01. The van der Waals surface area contributed by atoms with E-state index >= 15 is 0 Å². The summed E-state index contributed by atoms with van der Waals surface area (Å²) in [7, 11) is 0. The van der Waals surface area contributed by atoms with Gasteiger partial charge in [-0.25, -0.2) is 4.99 Å². The third-order valence-electron chi connectivity index (χ3n) is 5.42. The van der Waals surface area contributed by atoms with Crippen LogP contribution in [0.25, 0.3) is 10.8 Å². The molecule has 2 aliphatic heterocycles. The first-order chi connectivity index (χ1) is 12.4. The summed E-state index contributed by atoms with van der Waals surface area (Å²) in [5.74, 6) is 1.17. The molecule has 1 fully saturated rings. The van der Waals surface area contributed by atoms with Crippen molar-refractivity contribution in [2.75, 3.05) is 26.2 Å². The summed E-state index contributed by atoms with van der Waals surface area (Å²) in [6.45, 7) is 5.61. The maximum absolute atomic E-state index is 4.96. The number of rotatable bonds is 2. The van der Waals surface area contributed by atoms with Gasteiger partial charge in [0.1, 0.15) is 12.4 Å². The number of quaternary nitrogens is 1. The van der Waals surface area contributed by atoms with Crippen molar-refractivity contribution in [2.24, 2.45) is 4.99 Å². The molecule has 3 aromatic carbocycles. The predicted molar refractivity (Wildman–Crippen MR) is 103 cm³/mol. The van der Waals surface area contributed by atoms with Gasteiger partial charge in [-0.15, -0.1) is 0 Å². The molecule has 0 aliphatic carbocycles. The normalized spacial score (nSPS) is 17.1. The van der Waals surface area contributed by atoms with Crippen LogP contribution in [0.15, 0.2) is 71.7 Å². The number of benzene rings is 3. The molecule has 25 heavy (non-hydrogen) atoms. The fourth-order valence-electron chi connectivity index (χ4n) is 4.11. The molecule has 0 atom stereocenters. The van der Waals surface area contributed by atoms with E-state index in [4.69, 9.17) is 4.99 Å². The topological polar surface area (TPSA) is 20.0 Å². The minimum absolute atomic E-state index is 1.07. The van der Waals surface area contributed by atoms with Crippen LogP contribution in [0.5, 0.6) is 0 Å². The molecule has 0 spiro atoms. The van der Waals surface area contributed by atoms with Crippen molar-refractivity contribution < 1.29 is 4.90 Å². The largest absolute Gasteiger partial charge is 0.345 e. The Morgan fingerprint density at radius 2 is 1.60 bits per heavy atom. The number of nitrogens with one attached hydrogen (secondary N) is 1. The van der Waals surface area contributed by atoms with Crippen molar-refractivity contribution in [2.45, 2.75) is 6.54 Å². The van der Waals surface area contributed by atoms with Crippen molar-refractivity contribution in [1.29, 1.82) is 0 Å². The first-order valence-electron chi connectivity index (χ1n) is 9.12. The fourth-order valence-corrected chi connectivity index (χ4v) is 4.11. The average Bonchev–Trinajstić information content (AvgIpc) is 3.04. The van der Waals surface area contributed by atoms with Crippen molar-refractivity contribution >= 4 is 22.3 Å². The number of piperazine rings is 1. The lowest BCUT2D eigenvalue weighted by Gasteiger charge is -2.33. The molecule has 0 saturated carbocycles. The Bertz CT molecular complexity index is 933. The Morgan fingerprint density at radius 1 is 0.840 bits per heavy atom. The molecule has 0 aromatic heterocycles. The molecule has 2 aliphatic rings. The van der Waals surface area contributed by atoms with Gasteiger partial charge in [0.2, 0.25) is 0 Å². The van der Waals surface area contributed by atoms with Crippen molar-refractivity contribution in [3.63, 3.8) is 0 Å². The molecule has 1 saturated heterocycles. The lowest BCUT2D eigenvalue weighted by molar-refractivity contribution is -0.917. The van der Waals surface area contributed by atoms with Gasteiger partial charge in [-0.3, -0.25) is 0 Å². The van der Waals surface area contributed by atoms with Crippen LogP contribution in [0.4, 0.5) is 5.69 Å². The summed E-state index contributed by atoms with van der Waals surface area (Å²) < 4.78 is 0. The van der Waals surface area contributed by atoms with Crippen LogP contribution >= 0.6 is 0 Å². The molecular formula is C22H22N3+. The smallest absolute Gasteiger partial charge is 0.137 e. The molecule has 3 heteroatoms. The first kappa shape index (κ1) is 14.7. The Labute approximate surface area is 148 Å². The van der Waals surface area contributed by atoms with E-state index in [0.717, 1.165) is 25.3 Å². The van der Waals surface area contributed by atoms with Gasteiger partial charge in [-0.1, -0.05) is 60.7 Å². The second-order valence-corrected chi connectivity index (χ2v) is 7.02. The Kier molecular flexibility index (Phi) is 3.53. The summed E-state index contributed by atoms with van der Waals surface area (Å²) >= 11 is 0. The molecule has 124 valence electrons. The zero-order chi connectivity index (χ0) is 16.6. The first-order valence-corrected chi connectivity index (χ1v) is 9.12. The lowest BCUT2D eigenvalue weighted by Crippen LogP contribution is -3.13. The van der Waals surface area contributed by atoms with E-state index in [1.54, 1.807) is 4.90 Å². The van der Waals surface area contributed by atoms with Gasteiger partial charge in [-0.05, 0) is 11.5 Å². The van der Waals surface area contributed by atoms with Gasteiger partial charge in [0, 0.05) is 16.5 Å². The molecule has 0 unspecified atom stereocenters. The highest BCUT2D eigenvalue weighted by Crippen LogP contribution is 2.36. The minimum Gasteiger partial charge on any atom is -0.345 e. The van der Waals surface area contributed by atoms with Gasteiger partial charge in [-0.2, -0.15) is 0 Å². The second-order valence-electron chi connectivity index (χ2n) is 7.02. The Morgan fingerprint density at radius 3 is 2.40 bits per heavy atom. The summed E-state index contributed by atoms with van der Waals surface area (Å²) in [5.41, 5.74) is 3.86. The summed E-state index contributed by atoms with van der Waals surface area (Å²) in [5, 5.41) is 2.61. The highest BCUT2D eigenvalue weighted by atomic mass is 15.3. The van der Waals surface area contributed by atoms with E-state index in [2.05, 4.69) is 71.6 Å². The number of nitrogens with zero attached hydrogens (tertiary/aromatic N) is 2. The zero-order valence-corrected chi connectivity index (χ0v) is 14.3. The molecule has 3 nitrogen and oxygen atoms in total. The lowest BCUT2D eigenvalue weighted by atomic mass is 10.0. The highest BCUT2D eigenvalue weighted by Gasteiger charge is 2.27. The molecule has 3 aromatic rings. The SMILES string of the molecule is c1ccc(C[NH+]2CCN(C3=Nc4cccc5cccc3c45)CC2)cc1. The number of hydrogen-bond acceptors (Lipinski definition) is 2. The van der Waals surface area contributed by atoms with Crippen LogP contribution in [0.2, 0.25) is 0 Å². The van der Waals surface area contributed by atoms with Crippen LogP contribution in [-0.2, 0) is 6.54 Å². The van der Waals surface area contributed by atoms with E-state index in [-0.39, 0.29) is 0 Å². The van der Waals surface area contributed by atoms with E-state index in [9.17, 15) is 0 Å². The van der Waals surface area contributed by atoms with Gasteiger partial charge in [0.15, 0.2) is 0 Å². The number of hydrogen-bond donors (Lipinski definition) is 1. The molecular weight excluding hydrogens is 306 g/mol. The van der Waals surface area contributed by atoms with E-state index < -0.39 is 0 Å².